The number of ether oxygens (including phenoxy) is 1. The van der Waals surface area contributed by atoms with E-state index in [0.29, 0.717) is 24.5 Å². The Balaban J connectivity index is 1.25. The predicted octanol–water partition coefficient (Wildman–Crippen LogP) is 5.46. The SMILES string of the molecule is CCOc1ccc2[nH]c(=O)c([C@@H](c3nnnn3Cc3ccccc3)N3CCN(C(c4ccccc4)c4ccccc4)CC3)cc2c1. The van der Waals surface area contributed by atoms with E-state index in [1.54, 1.807) is 0 Å². The number of fused-ring (bicyclic) bond motifs is 1. The minimum absolute atomic E-state index is 0.132. The molecule has 3 heterocycles. The highest BCUT2D eigenvalue weighted by Gasteiger charge is 2.35. The van der Waals surface area contributed by atoms with Crippen LogP contribution in [0.1, 0.15) is 47.1 Å². The standard InChI is InChI=1S/C37H37N7O2/c1-2-46-31-18-19-33-30(24-31)25-32(37(45)38-33)35(36-39-40-41-44(36)26-27-12-6-3-7-13-27)43-22-20-42(21-23-43)34(28-14-8-4-9-15-28)29-16-10-5-11-17-29/h3-19,24-25,34-35H,2,20-23,26H2,1H3,(H,38,45)/t35-/m0/s1. The van der Waals surface area contributed by atoms with Crippen LogP contribution < -0.4 is 10.3 Å². The number of pyridine rings is 1. The summed E-state index contributed by atoms with van der Waals surface area (Å²) in [6.45, 7) is 6.12. The summed E-state index contributed by atoms with van der Waals surface area (Å²) >= 11 is 0. The van der Waals surface area contributed by atoms with Gasteiger partial charge >= 0.3 is 0 Å². The number of nitrogens with zero attached hydrogens (tertiary/aromatic N) is 6. The highest BCUT2D eigenvalue weighted by Crippen LogP contribution is 2.33. The molecule has 0 spiro atoms. The van der Waals surface area contributed by atoms with Crippen molar-refractivity contribution in [2.75, 3.05) is 32.8 Å². The van der Waals surface area contributed by atoms with Gasteiger partial charge in [0.05, 0.1) is 19.2 Å². The third-order valence-corrected chi connectivity index (χ3v) is 8.74. The van der Waals surface area contributed by atoms with Gasteiger partial charge in [0.25, 0.3) is 5.56 Å². The Hall–Kier alpha value is -5.12. The van der Waals surface area contributed by atoms with Crippen molar-refractivity contribution in [2.24, 2.45) is 0 Å². The van der Waals surface area contributed by atoms with Crippen molar-refractivity contribution >= 4 is 10.9 Å². The molecule has 9 heteroatoms. The van der Waals surface area contributed by atoms with Crippen LogP contribution >= 0.6 is 0 Å². The zero-order valence-electron chi connectivity index (χ0n) is 25.9. The summed E-state index contributed by atoms with van der Waals surface area (Å²) in [4.78, 5) is 21.8. The molecule has 1 N–H and O–H groups in total. The number of H-pyrrole nitrogens is 1. The number of tetrazole rings is 1. The summed E-state index contributed by atoms with van der Waals surface area (Å²) in [5.74, 6) is 1.41. The van der Waals surface area contributed by atoms with Gasteiger partial charge in [-0.05, 0) is 58.3 Å². The fourth-order valence-electron chi connectivity index (χ4n) is 6.58. The van der Waals surface area contributed by atoms with Gasteiger partial charge in [-0.2, -0.15) is 0 Å². The van der Waals surface area contributed by atoms with Gasteiger partial charge in [-0.25, -0.2) is 4.68 Å². The van der Waals surface area contributed by atoms with Crippen LogP contribution in [0.4, 0.5) is 0 Å². The molecule has 7 rings (SSSR count). The van der Waals surface area contributed by atoms with Gasteiger partial charge in [-0.15, -0.1) is 5.10 Å². The van der Waals surface area contributed by atoms with E-state index in [-0.39, 0.29) is 11.6 Å². The first kappa shape index (κ1) is 29.6. The van der Waals surface area contributed by atoms with Crippen molar-refractivity contribution in [2.45, 2.75) is 25.6 Å². The van der Waals surface area contributed by atoms with Crippen LogP contribution in [0.2, 0.25) is 0 Å². The van der Waals surface area contributed by atoms with Crippen LogP contribution in [0.3, 0.4) is 0 Å². The largest absolute Gasteiger partial charge is 0.494 e. The van der Waals surface area contributed by atoms with Crippen molar-refractivity contribution in [3.8, 4) is 5.75 Å². The Labute approximate surface area is 268 Å². The molecule has 232 valence electrons. The Bertz CT molecular complexity index is 1900. The number of hydrogen-bond acceptors (Lipinski definition) is 7. The van der Waals surface area contributed by atoms with E-state index in [0.717, 1.165) is 48.4 Å². The molecule has 0 saturated carbocycles. The number of hydrogen-bond donors (Lipinski definition) is 1. The molecule has 1 fully saturated rings. The maximum Gasteiger partial charge on any atom is 0.253 e. The van der Waals surface area contributed by atoms with Gasteiger partial charge in [0.1, 0.15) is 11.8 Å². The molecule has 9 nitrogen and oxygen atoms in total. The van der Waals surface area contributed by atoms with Crippen molar-refractivity contribution in [3.63, 3.8) is 0 Å². The third kappa shape index (κ3) is 6.20. The molecule has 0 aliphatic carbocycles. The molecular weight excluding hydrogens is 574 g/mol. The lowest BCUT2D eigenvalue weighted by Crippen LogP contribution is -2.50. The lowest BCUT2D eigenvalue weighted by molar-refractivity contribution is 0.0857. The molecule has 1 saturated heterocycles. The van der Waals surface area contributed by atoms with E-state index in [1.807, 2.05) is 54.1 Å². The van der Waals surface area contributed by atoms with Gasteiger partial charge < -0.3 is 9.72 Å². The van der Waals surface area contributed by atoms with Crippen LogP contribution in [-0.4, -0.2) is 67.8 Å². The van der Waals surface area contributed by atoms with Crippen LogP contribution in [0, 0.1) is 0 Å². The molecule has 1 aliphatic heterocycles. The lowest BCUT2D eigenvalue weighted by Gasteiger charge is -2.42. The van der Waals surface area contributed by atoms with Crippen LogP contribution in [0.15, 0.2) is 120 Å². The molecular formula is C37H37N7O2. The van der Waals surface area contributed by atoms with Gasteiger partial charge in [-0.3, -0.25) is 14.6 Å². The van der Waals surface area contributed by atoms with Crippen molar-refractivity contribution in [1.29, 1.82) is 0 Å². The summed E-state index contributed by atoms with van der Waals surface area (Å²) in [6, 6.07) is 38.9. The van der Waals surface area contributed by atoms with Crippen molar-refractivity contribution in [3.05, 3.63) is 154 Å². The molecule has 46 heavy (non-hydrogen) atoms. The molecule has 1 atom stereocenters. The number of piperazine rings is 1. The first-order valence-corrected chi connectivity index (χ1v) is 15.9. The maximum absolute atomic E-state index is 13.8. The monoisotopic (exact) mass is 611 g/mol. The molecule has 6 aromatic rings. The fourth-order valence-corrected chi connectivity index (χ4v) is 6.58. The van der Waals surface area contributed by atoms with E-state index < -0.39 is 6.04 Å². The lowest BCUT2D eigenvalue weighted by atomic mass is 9.96. The maximum atomic E-state index is 13.8. The van der Waals surface area contributed by atoms with Crippen LogP contribution in [0.25, 0.3) is 10.9 Å². The fraction of sp³-hybridized carbons (Fsp3) is 0.243. The van der Waals surface area contributed by atoms with Crippen LogP contribution in [0.5, 0.6) is 5.75 Å². The summed E-state index contributed by atoms with van der Waals surface area (Å²) in [7, 11) is 0. The summed E-state index contributed by atoms with van der Waals surface area (Å²) in [6.07, 6.45) is 0. The molecule has 0 amide bonds. The minimum atomic E-state index is -0.448. The Kier molecular flexibility index (Phi) is 8.67. The second-order valence-electron chi connectivity index (χ2n) is 11.6. The zero-order valence-corrected chi connectivity index (χ0v) is 25.9. The van der Waals surface area contributed by atoms with Gasteiger partial charge in [-0.1, -0.05) is 91.0 Å². The summed E-state index contributed by atoms with van der Waals surface area (Å²) in [5.41, 5.74) is 4.84. The molecule has 0 radical (unpaired) electrons. The second-order valence-corrected chi connectivity index (χ2v) is 11.6. The second kappa shape index (κ2) is 13.5. The van der Waals surface area contributed by atoms with Gasteiger partial charge in [0.2, 0.25) is 0 Å². The topological polar surface area (TPSA) is 92.2 Å². The van der Waals surface area contributed by atoms with E-state index >= 15 is 0 Å². The quantitative estimate of drug-likeness (QED) is 0.220. The molecule has 2 aromatic heterocycles. The molecule has 0 unspecified atom stereocenters. The Morgan fingerprint density at radius 1 is 0.761 bits per heavy atom. The summed E-state index contributed by atoms with van der Waals surface area (Å²) < 4.78 is 7.60. The number of aromatic amines is 1. The summed E-state index contributed by atoms with van der Waals surface area (Å²) in [5, 5.41) is 14.0. The van der Waals surface area contributed by atoms with Gasteiger partial charge in [0.15, 0.2) is 5.82 Å². The number of benzene rings is 4. The normalized spacial score (nSPS) is 14.9. The van der Waals surface area contributed by atoms with Gasteiger partial charge in [0, 0.05) is 42.6 Å². The number of nitrogens with one attached hydrogen (secondary N) is 1. The first-order chi connectivity index (χ1) is 22.7. The highest BCUT2D eigenvalue weighted by molar-refractivity contribution is 5.80. The van der Waals surface area contributed by atoms with E-state index in [9.17, 15) is 4.79 Å². The highest BCUT2D eigenvalue weighted by atomic mass is 16.5. The predicted molar refractivity (Wildman–Crippen MR) is 179 cm³/mol. The first-order valence-electron chi connectivity index (χ1n) is 15.9. The molecule has 1 aliphatic rings. The van der Waals surface area contributed by atoms with E-state index in [4.69, 9.17) is 4.74 Å². The van der Waals surface area contributed by atoms with Crippen molar-refractivity contribution in [1.82, 2.24) is 35.0 Å². The smallest absolute Gasteiger partial charge is 0.253 e. The number of rotatable bonds is 10. The average Bonchev–Trinajstić information content (AvgIpc) is 3.55. The van der Waals surface area contributed by atoms with Crippen molar-refractivity contribution < 1.29 is 4.74 Å². The molecule has 4 aromatic carbocycles. The average molecular weight is 612 g/mol. The number of aromatic nitrogens is 5. The van der Waals surface area contributed by atoms with E-state index in [2.05, 4.69) is 103 Å². The molecule has 0 bridgehead atoms. The Morgan fingerprint density at radius 2 is 1.37 bits per heavy atom. The minimum Gasteiger partial charge on any atom is -0.494 e. The third-order valence-electron chi connectivity index (χ3n) is 8.74. The zero-order chi connectivity index (χ0) is 31.3. The van der Waals surface area contributed by atoms with E-state index in [1.165, 1.54) is 11.1 Å². The van der Waals surface area contributed by atoms with Crippen LogP contribution in [-0.2, 0) is 6.54 Å². The Morgan fingerprint density at radius 3 is 2.00 bits per heavy atom.